The molecule has 0 aliphatic rings. The monoisotopic (exact) mass is 541 g/mol. The standard InChI is InChI=1S/C20H23F4N3O2.HI/c1-2-25-20(26-10-9-14-11-15(21)5-8-17(14)22)27-12-18(28)13-3-6-16(7-4-13)29-19(23)24;/h3-8,11,18-19,28H,2,9-10,12H2,1H3,(H2,25,26,27);1H. The van der Waals surface area contributed by atoms with Gasteiger partial charge in [-0.05, 0) is 54.8 Å². The average molecular weight is 541 g/mol. The van der Waals surface area contributed by atoms with E-state index in [9.17, 15) is 22.7 Å². The van der Waals surface area contributed by atoms with Gasteiger partial charge < -0.3 is 20.5 Å². The predicted molar refractivity (Wildman–Crippen MR) is 117 cm³/mol. The van der Waals surface area contributed by atoms with Crippen molar-refractivity contribution < 1.29 is 27.4 Å². The summed E-state index contributed by atoms with van der Waals surface area (Å²) in [4.78, 5) is 4.26. The molecule has 0 radical (unpaired) electrons. The van der Waals surface area contributed by atoms with Gasteiger partial charge in [0.15, 0.2) is 5.96 Å². The summed E-state index contributed by atoms with van der Waals surface area (Å²) in [5, 5.41) is 16.2. The second kappa shape index (κ2) is 13.3. The van der Waals surface area contributed by atoms with E-state index in [1.54, 1.807) is 0 Å². The summed E-state index contributed by atoms with van der Waals surface area (Å²) in [6, 6.07) is 8.92. The van der Waals surface area contributed by atoms with Crippen LogP contribution in [0, 0.1) is 11.6 Å². The second-order valence-electron chi connectivity index (χ2n) is 6.10. The van der Waals surface area contributed by atoms with Crippen molar-refractivity contribution in [2.45, 2.75) is 26.1 Å². The quantitative estimate of drug-likeness (QED) is 0.194. The summed E-state index contributed by atoms with van der Waals surface area (Å²) < 4.78 is 55.5. The SMILES string of the molecule is CCNC(=NCC(O)c1ccc(OC(F)F)cc1)NCCc1cc(F)ccc1F.I. The maximum atomic E-state index is 13.7. The highest BCUT2D eigenvalue weighted by atomic mass is 127. The minimum absolute atomic E-state index is 0. The number of rotatable bonds is 9. The number of aliphatic hydroxyl groups is 1. The van der Waals surface area contributed by atoms with E-state index in [0.717, 1.165) is 18.2 Å². The van der Waals surface area contributed by atoms with Crippen LogP contribution in [0.4, 0.5) is 17.6 Å². The molecule has 2 aromatic carbocycles. The van der Waals surface area contributed by atoms with Crippen molar-refractivity contribution in [3.8, 4) is 5.75 Å². The average Bonchev–Trinajstić information content (AvgIpc) is 2.68. The van der Waals surface area contributed by atoms with Crippen LogP contribution in [-0.4, -0.2) is 37.3 Å². The van der Waals surface area contributed by atoms with E-state index < -0.39 is 24.3 Å². The van der Waals surface area contributed by atoms with E-state index >= 15 is 0 Å². The Morgan fingerprint density at radius 2 is 1.80 bits per heavy atom. The Bertz CT molecular complexity index is 807. The summed E-state index contributed by atoms with van der Waals surface area (Å²) in [5.74, 6) is -0.583. The van der Waals surface area contributed by atoms with Crippen molar-refractivity contribution in [1.29, 1.82) is 0 Å². The first-order chi connectivity index (χ1) is 13.9. The van der Waals surface area contributed by atoms with E-state index in [1.165, 1.54) is 24.3 Å². The van der Waals surface area contributed by atoms with Gasteiger partial charge in [0.25, 0.3) is 0 Å². The normalized spacial score (nSPS) is 12.3. The van der Waals surface area contributed by atoms with Crippen LogP contribution >= 0.6 is 24.0 Å². The summed E-state index contributed by atoms with van der Waals surface area (Å²) in [5.41, 5.74) is 0.743. The number of nitrogens with zero attached hydrogens (tertiary/aromatic N) is 1. The summed E-state index contributed by atoms with van der Waals surface area (Å²) >= 11 is 0. The molecule has 2 aromatic rings. The van der Waals surface area contributed by atoms with Crippen molar-refractivity contribution in [3.63, 3.8) is 0 Å². The Hall–Kier alpha value is -2.08. The molecule has 0 bridgehead atoms. The van der Waals surface area contributed by atoms with Gasteiger partial charge in [-0.3, -0.25) is 4.99 Å². The van der Waals surface area contributed by atoms with Gasteiger partial charge in [-0.25, -0.2) is 8.78 Å². The minimum Gasteiger partial charge on any atom is -0.435 e. The third-order valence-electron chi connectivity index (χ3n) is 3.95. The zero-order valence-electron chi connectivity index (χ0n) is 16.2. The Balaban J connectivity index is 0.00000450. The number of aliphatic imine (C=N–C) groups is 1. The van der Waals surface area contributed by atoms with Crippen molar-refractivity contribution in [3.05, 3.63) is 65.2 Å². The van der Waals surface area contributed by atoms with Crippen LogP contribution < -0.4 is 15.4 Å². The lowest BCUT2D eigenvalue weighted by Gasteiger charge is -2.14. The highest BCUT2D eigenvalue weighted by Gasteiger charge is 2.10. The molecular weight excluding hydrogens is 517 g/mol. The smallest absolute Gasteiger partial charge is 0.387 e. The molecule has 0 spiro atoms. The zero-order valence-corrected chi connectivity index (χ0v) is 18.6. The van der Waals surface area contributed by atoms with Crippen LogP contribution in [0.15, 0.2) is 47.5 Å². The van der Waals surface area contributed by atoms with Gasteiger partial charge in [0.2, 0.25) is 0 Å². The molecule has 0 saturated carbocycles. The van der Waals surface area contributed by atoms with Crippen molar-refractivity contribution in [1.82, 2.24) is 10.6 Å². The first kappa shape index (κ1) is 26.0. The molecule has 0 aromatic heterocycles. The van der Waals surface area contributed by atoms with Gasteiger partial charge in [0.05, 0.1) is 12.6 Å². The molecule has 0 aliphatic heterocycles. The molecule has 2 rings (SSSR count). The summed E-state index contributed by atoms with van der Waals surface area (Å²) in [7, 11) is 0. The second-order valence-corrected chi connectivity index (χ2v) is 6.10. The van der Waals surface area contributed by atoms with Gasteiger partial charge in [0, 0.05) is 13.1 Å². The number of ether oxygens (including phenoxy) is 1. The number of alkyl halides is 2. The largest absolute Gasteiger partial charge is 0.435 e. The van der Waals surface area contributed by atoms with Crippen LogP contribution in [0.5, 0.6) is 5.75 Å². The lowest BCUT2D eigenvalue weighted by atomic mass is 10.1. The molecular formula is C20H24F4IN3O2. The van der Waals surface area contributed by atoms with Crippen LogP contribution in [0.25, 0.3) is 0 Å². The van der Waals surface area contributed by atoms with E-state index in [4.69, 9.17) is 0 Å². The fourth-order valence-corrected chi connectivity index (χ4v) is 2.55. The Morgan fingerprint density at radius 3 is 2.43 bits per heavy atom. The molecule has 1 atom stereocenters. The van der Waals surface area contributed by atoms with Gasteiger partial charge in [-0.2, -0.15) is 8.78 Å². The van der Waals surface area contributed by atoms with Crippen molar-refractivity contribution >= 4 is 29.9 Å². The van der Waals surface area contributed by atoms with Gasteiger partial charge >= 0.3 is 6.61 Å². The predicted octanol–water partition coefficient (Wildman–Crippen LogP) is 4.02. The first-order valence-corrected chi connectivity index (χ1v) is 9.08. The summed E-state index contributed by atoms with van der Waals surface area (Å²) in [6.45, 7) is -0.164. The number of nitrogens with one attached hydrogen (secondary N) is 2. The van der Waals surface area contributed by atoms with E-state index in [-0.39, 0.29) is 48.3 Å². The number of benzene rings is 2. The number of hydrogen-bond donors (Lipinski definition) is 3. The topological polar surface area (TPSA) is 65.9 Å². The third kappa shape index (κ3) is 8.74. The van der Waals surface area contributed by atoms with Crippen LogP contribution in [0.2, 0.25) is 0 Å². The molecule has 0 aliphatic carbocycles. The number of hydrogen-bond acceptors (Lipinski definition) is 3. The molecule has 30 heavy (non-hydrogen) atoms. The lowest BCUT2D eigenvalue weighted by molar-refractivity contribution is -0.0498. The third-order valence-corrected chi connectivity index (χ3v) is 3.95. The van der Waals surface area contributed by atoms with Gasteiger partial charge in [-0.15, -0.1) is 24.0 Å². The lowest BCUT2D eigenvalue weighted by Crippen LogP contribution is -2.38. The van der Waals surface area contributed by atoms with E-state index in [1.807, 2.05) is 6.92 Å². The van der Waals surface area contributed by atoms with E-state index in [2.05, 4.69) is 20.4 Å². The summed E-state index contributed by atoms with van der Waals surface area (Å²) in [6.07, 6.45) is -0.700. The van der Waals surface area contributed by atoms with Gasteiger partial charge in [0.1, 0.15) is 17.4 Å². The molecule has 0 fully saturated rings. The van der Waals surface area contributed by atoms with Crippen LogP contribution in [-0.2, 0) is 6.42 Å². The molecule has 0 amide bonds. The molecule has 5 nitrogen and oxygen atoms in total. The molecule has 0 heterocycles. The maximum Gasteiger partial charge on any atom is 0.387 e. The Morgan fingerprint density at radius 1 is 1.10 bits per heavy atom. The molecule has 0 saturated heterocycles. The number of aliphatic hydroxyl groups excluding tert-OH is 1. The fourth-order valence-electron chi connectivity index (χ4n) is 2.55. The molecule has 1 unspecified atom stereocenters. The van der Waals surface area contributed by atoms with Crippen LogP contribution in [0.3, 0.4) is 0 Å². The van der Waals surface area contributed by atoms with Gasteiger partial charge in [-0.1, -0.05) is 12.1 Å². The fraction of sp³-hybridized carbons (Fsp3) is 0.350. The van der Waals surface area contributed by atoms with E-state index in [0.29, 0.717) is 24.6 Å². The molecule has 10 heteroatoms. The Kier molecular flexibility index (Phi) is 11.5. The highest BCUT2D eigenvalue weighted by molar-refractivity contribution is 14.0. The van der Waals surface area contributed by atoms with Crippen molar-refractivity contribution in [2.75, 3.05) is 19.6 Å². The zero-order chi connectivity index (χ0) is 21.2. The highest BCUT2D eigenvalue weighted by Crippen LogP contribution is 2.19. The molecule has 166 valence electrons. The maximum absolute atomic E-state index is 13.7. The molecule has 3 N–H and O–H groups in total. The van der Waals surface area contributed by atoms with Crippen molar-refractivity contribution in [2.24, 2.45) is 4.99 Å². The number of halogens is 5. The first-order valence-electron chi connectivity index (χ1n) is 9.08. The Labute approximate surface area is 189 Å². The minimum atomic E-state index is -2.91. The number of guanidine groups is 1. The van der Waals surface area contributed by atoms with Crippen LogP contribution in [0.1, 0.15) is 24.2 Å².